The summed E-state index contributed by atoms with van der Waals surface area (Å²) in [7, 11) is 0. The Kier molecular flexibility index (Phi) is 9.74. The molecule has 4 N–H and O–H groups in total. The lowest BCUT2D eigenvalue weighted by molar-refractivity contribution is -0.123. The minimum absolute atomic E-state index is 0.00486. The van der Waals surface area contributed by atoms with Crippen LogP contribution in [-0.2, 0) is 24.2 Å². The van der Waals surface area contributed by atoms with Crippen molar-refractivity contribution in [3.8, 4) is 0 Å². The number of Topliss-reactive ketones (excluding diaryl/α,β-unsaturated/α-hetero) is 1. The third kappa shape index (κ3) is 7.47. The van der Waals surface area contributed by atoms with Crippen molar-refractivity contribution in [2.45, 2.75) is 71.5 Å². The van der Waals surface area contributed by atoms with Crippen molar-refractivity contribution >= 4 is 29.4 Å². The van der Waals surface area contributed by atoms with E-state index in [0.717, 1.165) is 11.3 Å². The molecule has 49 heavy (non-hydrogen) atoms. The number of carbonyl (C=O) groups excluding carboxylic acids is 5. The summed E-state index contributed by atoms with van der Waals surface area (Å²) in [5.41, 5.74) is 2.89. The molecule has 0 radical (unpaired) electrons. The van der Waals surface area contributed by atoms with Gasteiger partial charge in [0, 0.05) is 43.3 Å². The summed E-state index contributed by atoms with van der Waals surface area (Å²) in [4.78, 5) is 76.1. The second kappa shape index (κ2) is 14.3. The molecule has 1 aromatic carbocycles. The molecule has 0 saturated heterocycles. The largest absolute Gasteiger partial charge is 0.446 e. The number of aromatic amines is 1. The lowest BCUT2D eigenvalue weighted by atomic mass is 9.94. The molecule has 0 fully saturated rings. The summed E-state index contributed by atoms with van der Waals surface area (Å²) < 4.78 is 11.2. The van der Waals surface area contributed by atoms with Crippen LogP contribution in [0.15, 0.2) is 51.6 Å². The van der Waals surface area contributed by atoms with Gasteiger partial charge in [-0.2, -0.15) is 0 Å². The van der Waals surface area contributed by atoms with E-state index in [9.17, 15) is 24.0 Å². The summed E-state index contributed by atoms with van der Waals surface area (Å²) in [6.45, 7) is 5.68. The first-order valence-electron chi connectivity index (χ1n) is 16.5. The third-order valence-corrected chi connectivity index (χ3v) is 8.73. The number of nitrogens with one attached hydrogen (secondary N) is 4. The Morgan fingerprint density at radius 2 is 1.78 bits per heavy atom. The molecule has 256 valence electrons. The number of aromatic nitrogens is 3. The zero-order valence-corrected chi connectivity index (χ0v) is 27.6. The molecule has 4 bridgehead atoms. The Bertz CT molecular complexity index is 1870. The van der Waals surface area contributed by atoms with Crippen molar-refractivity contribution in [1.82, 2.24) is 36.0 Å². The summed E-state index contributed by atoms with van der Waals surface area (Å²) in [6, 6.07) is 9.02. The van der Waals surface area contributed by atoms with Crippen molar-refractivity contribution in [2.75, 3.05) is 13.1 Å². The van der Waals surface area contributed by atoms with E-state index < -0.39 is 35.7 Å². The first-order chi connectivity index (χ1) is 23.6. The normalized spacial score (nSPS) is 19.1. The number of fused-ring (bicyclic) bond motifs is 5. The van der Waals surface area contributed by atoms with Gasteiger partial charge in [-0.25, -0.2) is 4.98 Å². The Hall–Kier alpha value is -5.53. The van der Waals surface area contributed by atoms with Gasteiger partial charge in [-0.1, -0.05) is 49.3 Å². The molecule has 1 aliphatic heterocycles. The van der Waals surface area contributed by atoms with Crippen molar-refractivity contribution in [3.05, 3.63) is 93.8 Å². The van der Waals surface area contributed by atoms with E-state index in [1.54, 1.807) is 6.92 Å². The molecule has 4 amide bonds. The molecule has 2 aliphatic rings. The topological polar surface area (TPSA) is 193 Å². The number of amides is 4. The number of carbonyl (C=O) groups is 5. The van der Waals surface area contributed by atoms with Crippen LogP contribution >= 0.6 is 0 Å². The predicted molar refractivity (Wildman–Crippen MR) is 175 cm³/mol. The van der Waals surface area contributed by atoms with Gasteiger partial charge in [-0.15, -0.1) is 0 Å². The minimum Gasteiger partial charge on any atom is -0.446 e. The molecule has 4 heterocycles. The molecule has 0 saturated carbocycles. The molecule has 1 aliphatic carbocycles. The van der Waals surface area contributed by atoms with Crippen LogP contribution < -0.4 is 16.0 Å². The summed E-state index contributed by atoms with van der Waals surface area (Å²) >= 11 is 0. The van der Waals surface area contributed by atoms with Crippen LogP contribution in [0.3, 0.4) is 0 Å². The maximum absolute atomic E-state index is 14.0. The number of H-pyrrole nitrogens is 1. The van der Waals surface area contributed by atoms with Crippen LogP contribution in [0.2, 0.25) is 0 Å². The van der Waals surface area contributed by atoms with E-state index in [1.165, 1.54) is 17.2 Å². The maximum atomic E-state index is 14.0. The van der Waals surface area contributed by atoms with Crippen LogP contribution in [0, 0.1) is 12.8 Å². The SMILES string of the molecule is Cc1c(C(=O)N2CCNC(=O)[C@H](Cc3ccccc3)NC(=O)c3coc(n3)[C@@H](CC(C)C)NC(=O)c3cc(on3)C2)[nH]c2c1C(=O)CCC2. The monoisotopic (exact) mass is 669 g/mol. The predicted octanol–water partition coefficient (Wildman–Crippen LogP) is 3.45. The highest BCUT2D eigenvalue weighted by Crippen LogP contribution is 2.28. The van der Waals surface area contributed by atoms with Crippen LogP contribution in [0.1, 0.15) is 109 Å². The number of hydrogen-bond donors (Lipinski definition) is 4. The van der Waals surface area contributed by atoms with Crippen molar-refractivity contribution in [3.63, 3.8) is 0 Å². The van der Waals surface area contributed by atoms with E-state index in [-0.39, 0.29) is 66.5 Å². The Labute approximate surface area is 282 Å². The summed E-state index contributed by atoms with van der Waals surface area (Å²) in [5.74, 6) is -1.56. The average Bonchev–Trinajstić information content (AvgIpc) is 3.83. The number of nitrogens with zero attached hydrogens (tertiary/aromatic N) is 3. The third-order valence-electron chi connectivity index (χ3n) is 8.73. The van der Waals surface area contributed by atoms with E-state index in [4.69, 9.17) is 8.94 Å². The summed E-state index contributed by atoms with van der Waals surface area (Å²) in [5, 5.41) is 12.5. The number of rotatable bonds is 5. The van der Waals surface area contributed by atoms with Crippen LogP contribution in [0.25, 0.3) is 0 Å². The molecular weight excluding hydrogens is 630 g/mol. The van der Waals surface area contributed by atoms with Gasteiger partial charge < -0.3 is 34.8 Å². The van der Waals surface area contributed by atoms with E-state index >= 15 is 0 Å². The number of oxazole rings is 1. The molecule has 6 rings (SSSR count). The molecule has 0 spiro atoms. The lowest BCUT2D eigenvalue weighted by Crippen LogP contribution is -2.49. The van der Waals surface area contributed by atoms with Crippen molar-refractivity contribution < 1.29 is 32.9 Å². The van der Waals surface area contributed by atoms with Gasteiger partial charge in [-0.05, 0) is 43.2 Å². The van der Waals surface area contributed by atoms with E-state index in [1.807, 2.05) is 44.2 Å². The van der Waals surface area contributed by atoms with Gasteiger partial charge in [-0.3, -0.25) is 24.0 Å². The zero-order valence-electron chi connectivity index (χ0n) is 27.6. The molecule has 14 heteroatoms. The molecule has 4 aromatic rings. The molecule has 3 aromatic heterocycles. The number of benzene rings is 1. The zero-order chi connectivity index (χ0) is 34.7. The minimum atomic E-state index is -0.982. The molecule has 14 nitrogen and oxygen atoms in total. The summed E-state index contributed by atoms with van der Waals surface area (Å²) in [6.07, 6.45) is 3.62. The number of hydrogen-bond acceptors (Lipinski definition) is 9. The lowest BCUT2D eigenvalue weighted by Gasteiger charge is -2.23. The van der Waals surface area contributed by atoms with Gasteiger partial charge in [0.05, 0.1) is 6.54 Å². The highest BCUT2D eigenvalue weighted by Gasteiger charge is 2.31. The standard InChI is InChI=1S/C35H39N7O7/c1-19(2)14-26-34-40-27(18-48-34)33(46)38-24(15-21-8-5-4-6-9-21)31(44)36-12-13-42(17-22-16-25(41-49-22)32(45)39-26)35(47)30-20(3)29-23(37-30)10-7-11-28(29)43/h4-6,8-9,16,18-19,24,26,37H,7,10-15,17H2,1-3H3,(H,36,44)(H,38,46)(H,39,45)/t24-,26+/m0/s1. The highest BCUT2D eigenvalue weighted by atomic mass is 16.5. The van der Waals surface area contributed by atoms with E-state index in [0.29, 0.717) is 36.8 Å². The van der Waals surface area contributed by atoms with Crippen molar-refractivity contribution in [2.24, 2.45) is 5.92 Å². The fraction of sp³-hybridized carbons (Fsp3) is 0.400. The molecule has 0 unspecified atom stereocenters. The Morgan fingerprint density at radius 3 is 2.53 bits per heavy atom. The van der Waals surface area contributed by atoms with E-state index in [2.05, 4.69) is 31.1 Å². The number of aryl methyl sites for hydroxylation is 1. The smallest absolute Gasteiger partial charge is 0.274 e. The van der Waals surface area contributed by atoms with Gasteiger partial charge >= 0.3 is 0 Å². The van der Waals surface area contributed by atoms with Gasteiger partial charge in [0.2, 0.25) is 11.8 Å². The van der Waals surface area contributed by atoms with Crippen LogP contribution in [-0.4, -0.2) is 68.6 Å². The fourth-order valence-electron chi connectivity index (χ4n) is 6.29. The molecule has 2 atom stereocenters. The first-order valence-corrected chi connectivity index (χ1v) is 16.5. The fourth-order valence-corrected chi connectivity index (χ4v) is 6.29. The van der Waals surface area contributed by atoms with Gasteiger partial charge in [0.15, 0.2) is 22.9 Å². The Balaban J connectivity index is 1.33. The second-order valence-corrected chi connectivity index (χ2v) is 12.9. The Morgan fingerprint density at radius 1 is 1.02 bits per heavy atom. The first kappa shape index (κ1) is 33.4. The number of ketones is 1. The van der Waals surface area contributed by atoms with Crippen molar-refractivity contribution in [1.29, 1.82) is 0 Å². The average molecular weight is 670 g/mol. The van der Waals surface area contributed by atoms with Gasteiger partial charge in [0.1, 0.15) is 24.0 Å². The quantitative estimate of drug-likeness (QED) is 0.246. The maximum Gasteiger partial charge on any atom is 0.274 e. The molecular formula is C35H39N7O7. The highest BCUT2D eigenvalue weighted by molar-refractivity contribution is 6.04. The van der Waals surface area contributed by atoms with Crippen LogP contribution in [0.5, 0.6) is 0 Å². The van der Waals surface area contributed by atoms with Crippen LogP contribution in [0.4, 0.5) is 0 Å². The van der Waals surface area contributed by atoms with Gasteiger partial charge in [0.25, 0.3) is 17.7 Å². The second-order valence-electron chi connectivity index (χ2n) is 12.9.